The summed E-state index contributed by atoms with van der Waals surface area (Å²) >= 11 is 3.42. The number of halogens is 1. The number of fused-ring (bicyclic) bond motifs is 1. The summed E-state index contributed by atoms with van der Waals surface area (Å²) in [7, 11) is 0. The molecule has 17 heavy (non-hydrogen) atoms. The SMILES string of the molecule is Brc1cnc2c(N3CCOCC3)ccnc2c1. The monoisotopic (exact) mass is 293 g/mol. The fourth-order valence-electron chi connectivity index (χ4n) is 2.05. The van der Waals surface area contributed by atoms with E-state index in [4.69, 9.17) is 4.74 Å². The molecular formula is C12H12BrN3O. The maximum atomic E-state index is 5.37. The molecule has 2 aromatic heterocycles. The third-order valence-electron chi connectivity index (χ3n) is 2.87. The van der Waals surface area contributed by atoms with E-state index in [1.54, 1.807) is 0 Å². The topological polar surface area (TPSA) is 38.2 Å². The van der Waals surface area contributed by atoms with Gasteiger partial charge in [0, 0.05) is 30.0 Å². The summed E-state index contributed by atoms with van der Waals surface area (Å²) in [5.74, 6) is 0. The third kappa shape index (κ3) is 2.12. The highest BCUT2D eigenvalue weighted by Crippen LogP contribution is 2.25. The van der Waals surface area contributed by atoms with E-state index < -0.39 is 0 Å². The zero-order valence-electron chi connectivity index (χ0n) is 9.27. The van der Waals surface area contributed by atoms with E-state index in [0.29, 0.717) is 0 Å². The highest BCUT2D eigenvalue weighted by molar-refractivity contribution is 9.10. The van der Waals surface area contributed by atoms with Crippen LogP contribution in [0.15, 0.2) is 29.0 Å². The molecule has 0 spiro atoms. The lowest BCUT2D eigenvalue weighted by molar-refractivity contribution is 0.123. The Morgan fingerprint density at radius 2 is 2.06 bits per heavy atom. The van der Waals surface area contributed by atoms with Crippen LogP contribution in [0.5, 0.6) is 0 Å². The van der Waals surface area contributed by atoms with Crippen molar-refractivity contribution in [2.45, 2.75) is 0 Å². The second-order valence-electron chi connectivity index (χ2n) is 3.95. The first-order valence-corrected chi connectivity index (χ1v) is 6.37. The lowest BCUT2D eigenvalue weighted by Gasteiger charge is -2.29. The van der Waals surface area contributed by atoms with E-state index in [9.17, 15) is 0 Å². The van der Waals surface area contributed by atoms with Crippen LogP contribution in [0.25, 0.3) is 11.0 Å². The number of nitrogens with zero attached hydrogens (tertiary/aromatic N) is 3. The van der Waals surface area contributed by atoms with Crippen LogP contribution in [0.1, 0.15) is 0 Å². The first kappa shape index (κ1) is 10.9. The van der Waals surface area contributed by atoms with Gasteiger partial charge in [-0.05, 0) is 28.1 Å². The second-order valence-corrected chi connectivity index (χ2v) is 4.87. The van der Waals surface area contributed by atoms with Crippen molar-refractivity contribution in [2.24, 2.45) is 0 Å². The van der Waals surface area contributed by atoms with Gasteiger partial charge in [-0.25, -0.2) is 0 Å². The van der Waals surface area contributed by atoms with E-state index in [1.165, 1.54) is 0 Å². The van der Waals surface area contributed by atoms with Crippen LogP contribution < -0.4 is 4.90 Å². The Bertz CT molecular complexity index is 540. The Hall–Kier alpha value is -1.20. The molecule has 1 fully saturated rings. The first-order chi connectivity index (χ1) is 8.34. The van der Waals surface area contributed by atoms with Gasteiger partial charge >= 0.3 is 0 Å². The van der Waals surface area contributed by atoms with Crippen molar-refractivity contribution in [3.63, 3.8) is 0 Å². The zero-order valence-corrected chi connectivity index (χ0v) is 10.9. The fourth-order valence-corrected chi connectivity index (χ4v) is 2.37. The van der Waals surface area contributed by atoms with Crippen LogP contribution in [0.3, 0.4) is 0 Å². The van der Waals surface area contributed by atoms with Gasteiger partial charge in [0.25, 0.3) is 0 Å². The molecule has 5 heteroatoms. The third-order valence-corrected chi connectivity index (χ3v) is 3.31. The predicted molar refractivity (Wildman–Crippen MR) is 70.3 cm³/mol. The molecule has 0 atom stereocenters. The van der Waals surface area contributed by atoms with Gasteiger partial charge in [0.05, 0.1) is 24.4 Å². The van der Waals surface area contributed by atoms with Gasteiger partial charge in [-0.2, -0.15) is 0 Å². The van der Waals surface area contributed by atoms with E-state index in [0.717, 1.165) is 47.5 Å². The minimum atomic E-state index is 0.778. The van der Waals surface area contributed by atoms with Crippen molar-refractivity contribution in [1.29, 1.82) is 0 Å². The van der Waals surface area contributed by atoms with Gasteiger partial charge in [-0.15, -0.1) is 0 Å². The fraction of sp³-hybridized carbons (Fsp3) is 0.333. The largest absolute Gasteiger partial charge is 0.378 e. The summed E-state index contributed by atoms with van der Waals surface area (Å²) in [6.07, 6.45) is 3.65. The lowest BCUT2D eigenvalue weighted by atomic mass is 10.2. The normalized spacial score (nSPS) is 16.4. The Balaban J connectivity index is 2.09. The summed E-state index contributed by atoms with van der Waals surface area (Å²) in [6.45, 7) is 3.38. The Kier molecular flexibility index (Phi) is 2.94. The van der Waals surface area contributed by atoms with E-state index >= 15 is 0 Å². The number of rotatable bonds is 1. The van der Waals surface area contributed by atoms with Crippen molar-refractivity contribution in [1.82, 2.24) is 9.97 Å². The standard InChI is InChI=1S/C12H12BrN3O/c13-9-7-10-12(15-8-9)11(1-2-14-10)16-3-5-17-6-4-16/h1-2,7-8H,3-6H2. The van der Waals surface area contributed by atoms with Crippen molar-refractivity contribution in [2.75, 3.05) is 31.2 Å². The maximum absolute atomic E-state index is 5.37. The van der Waals surface area contributed by atoms with Crippen LogP contribution in [0, 0.1) is 0 Å². The molecule has 1 saturated heterocycles. The summed E-state index contributed by atoms with van der Waals surface area (Å²) < 4.78 is 6.32. The molecule has 0 radical (unpaired) electrons. The average molecular weight is 294 g/mol. The predicted octanol–water partition coefficient (Wildman–Crippen LogP) is 2.23. The van der Waals surface area contributed by atoms with Gasteiger partial charge in [0.2, 0.25) is 0 Å². The molecule has 3 heterocycles. The minimum Gasteiger partial charge on any atom is -0.378 e. The first-order valence-electron chi connectivity index (χ1n) is 5.57. The molecule has 88 valence electrons. The van der Waals surface area contributed by atoms with Gasteiger partial charge in [0.1, 0.15) is 5.52 Å². The molecule has 0 aliphatic carbocycles. The van der Waals surface area contributed by atoms with E-state index in [-0.39, 0.29) is 0 Å². The average Bonchev–Trinajstić information content (AvgIpc) is 2.39. The lowest BCUT2D eigenvalue weighted by Crippen LogP contribution is -2.36. The Morgan fingerprint density at radius 3 is 2.88 bits per heavy atom. The highest BCUT2D eigenvalue weighted by atomic mass is 79.9. The molecule has 4 nitrogen and oxygen atoms in total. The zero-order chi connectivity index (χ0) is 11.7. The van der Waals surface area contributed by atoms with E-state index in [2.05, 4.69) is 30.8 Å². The molecule has 1 aliphatic heterocycles. The molecule has 0 aromatic carbocycles. The summed E-state index contributed by atoms with van der Waals surface area (Å²) in [4.78, 5) is 11.1. The smallest absolute Gasteiger partial charge is 0.112 e. The number of pyridine rings is 2. The molecule has 0 unspecified atom stereocenters. The Morgan fingerprint density at radius 1 is 1.24 bits per heavy atom. The van der Waals surface area contributed by atoms with Crippen molar-refractivity contribution in [3.05, 3.63) is 29.0 Å². The molecule has 3 rings (SSSR count). The van der Waals surface area contributed by atoms with Gasteiger partial charge in [-0.3, -0.25) is 9.97 Å². The van der Waals surface area contributed by atoms with Crippen molar-refractivity contribution >= 4 is 32.7 Å². The molecule has 0 amide bonds. The van der Waals surface area contributed by atoms with Gasteiger partial charge in [-0.1, -0.05) is 0 Å². The molecular weight excluding hydrogens is 282 g/mol. The molecule has 2 aromatic rings. The second kappa shape index (κ2) is 4.58. The summed E-state index contributed by atoms with van der Waals surface area (Å²) in [6, 6.07) is 4.01. The number of aromatic nitrogens is 2. The number of hydrogen-bond donors (Lipinski definition) is 0. The molecule has 0 N–H and O–H groups in total. The highest BCUT2D eigenvalue weighted by Gasteiger charge is 2.14. The minimum absolute atomic E-state index is 0.778. The van der Waals surface area contributed by atoms with Crippen LogP contribution in [-0.2, 0) is 4.74 Å². The molecule has 0 saturated carbocycles. The quantitative estimate of drug-likeness (QED) is 0.808. The van der Waals surface area contributed by atoms with Gasteiger partial charge in [0.15, 0.2) is 0 Å². The summed E-state index contributed by atoms with van der Waals surface area (Å²) in [5, 5.41) is 0. The van der Waals surface area contributed by atoms with Crippen LogP contribution in [0.2, 0.25) is 0 Å². The maximum Gasteiger partial charge on any atom is 0.112 e. The number of morpholine rings is 1. The number of anilines is 1. The van der Waals surface area contributed by atoms with E-state index in [1.807, 2.05) is 24.5 Å². The number of ether oxygens (including phenoxy) is 1. The summed E-state index contributed by atoms with van der Waals surface area (Å²) in [5.41, 5.74) is 3.02. The van der Waals surface area contributed by atoms with Gasteiger partial charge < -0.3 is 9.64 Å². The Labute approximate surface area is 108 Å². The number of hydrogen-bond acceptors (Lipinski definition) is 4. The van der Waals surface area contributed by atoms with Crippen LogP contribution in [0.4, 0.5) is 5.69 Å². The molecule has 0 bridgehead atoms. The molecule has 1 aliphatic rings. The van der Waals surface area contributed by atoms with Crippen LogP contribution in [-0.4, -0.2) is 36.3 Å². The van der Waals surface area contributed by atoms with Crippen molar-refractivity contribution in [3.8, 4) is 0 Å². The van der Waals surface area contributed by atoms with Crippen molar-refractivity contribution < 1.29 is 4.74 Å². The van der Waals surface area contributed by atoms with Crippen LogP contribution >= 0.6 is 15.9 Å².